The largest absolute Gasteiger partial charge is 0.296 e. The SMILES string of the molecule is Cc1ccc(C(=O)Nc2nnc(Cc3ccccc3)s2)cc1[N+](=O)[O-]. The third-order valence-corrected chi connectivity index (χ3v) is 4.39. The van der Waals surface area contributed by atoms with Gasteiger partial charge in [-0.2, -0.15) is 0 Å². The second-order valence-corrected chi connectivity index (χ2v) is 6.44. The number of benzene rings is 2. The Morgan fingerprint density at radius 2 is 1.96 bits per heavy atom. The normalized spacial score (nSPS) is 10.4. The second kappa shape index (κ2) is 7.18. The predicted octanol–water partition coefficient (Wildman–Crippen LogP) is 3.60. The summed E-state index contributed by atoms with van der Waals surface area (Å²) in [4.78, 5) is 22.8. The zero-order chi connectivity index (χ0) is 17.8. The summed E-state index contributed by atoms with van der Waals surface area (Å²) in [5.41, 5.74) is 1.72. The number of aromatic nitrogens is 2. The van der Waals surface area contributed by atoms with Crippen LogP contribution in [0.5, 0.6) is 0 Å². The van der Waals surface area contributed by atoms with Crippen LogP contribution in [0.2, 0.25) is 0 Å². The number of carbonyl (C=O) groups is 1. The first-order valence-electron chi connectivity index (χ1n) is 7.45. The summed E-state index contributed by atoms with van der Waals surface area (Å²) in [5, 5.41) is 22.8. The van der Waals surface area contributed by atoms with Crippen LogP contribution < -0.4 is 5.32 Å². The van der Waals surface area contributed by atoms with Crippen LogP contribution in [0.25, 0.3) is 0 Å². The third kappa shape index (κ3) is 4.04. The maximum absolute atomic E-state index is 12.3. The van der Waals surface area contributed by atoms with E-state index in [0.29, 0.717) is 17.1 Å². The first-order valence-corrected chi connectivity index (χ1v) is 8.27. The van der Waals surface area contributed by atoms with Crippen LogP contribution in [0.15, 0.2) is 48.5 Å². The zero-order valence-corrected chi connectivity index (χ0v) is 14.1. The van der Waals surface area contributed by atoms with E-state index < -0.39 is 10.8 Å². The monoisotopic (exact) mass is 354 g/mol. The highest BCUT2D eigenvalue weighted by molar-refractivity contribution is 7.15. The average Bonchev–Trinajstić information content (AvgIpc) is 3.02. The van der Waals surface area contributed by atoms with E-state index >= 15 is 0 Å². The van der Waals surface area contributed by atoms with Crippen LogP contribution in [0.4, 0.5) is 10.8 Å². The van der Waals surface area contributed by atoms with Crippen molar-refractivity contribution >= 4 is 28.1 Å². The Labute approximate surface area is 147 Å². The van der Waals surface area contributed by atoms with Gasteiger partial charge in [-0.05, 0) is 18.6 Å². The van der Waals surface area contributed by atoms with E-state index in [1.54, 1.807) is 19.1 Å². The minimum absolute atomic E-state index is 0.0883. The second-order valence-electron chi connectivity index (χ2n) is 5.38. The molecule has 0 aliphatic rings. The molecular weight excluding hydrogens is 340 g/mol. The quantitative estimate of drug-likeness (QED) is 0.557. The van der Waals surface area contributed by atoms with Crippen molar-refractivity contribution in [2.24, 2.45) is 0 Å². The molecule has 1 N–H and O–H groups in total. The summed E-state index contributed by atoms with van der Waals surface area (Å²) in [6, 6.07) is 14.2. The number of anilines is 1. The minimum Gasteiger partial charge on any atom is -0.296 e. The van der Waals surface area contributed by atoms with Gasteiger partial charge in [0.05, 0.1) is 4.92 Å². The number of rotatable bonds is 5. The molecule has 8 heteroatoms. The standard InChI is InChI=1S/C17H14N4O3S/c1-11-7-8-13(10-14(11)21(23)24)16(22)18-17-20-19-15(25-17)9-12-5-3-2-4-6-12/h2-8,10H,9H2,1H3,(H,18,20,22). The van der Waals surface area contributed by atoms with Crippen LogP contribution in [-0.4, -0.2) is 21.0 Å². The minimum atomic E-state index is -0.505. The number of nitrogens with one attached hydrogen (secondary N) is 1. The fraction of sp³-hybridized carbons (Fsp3) is 0.118. The molecule has 0 radical (unpaired) electrons. The number of nitro groups is 1. The number of amides is 1. The summed E-state index contributed by atoms with van der Waals surface area (Å²) in [5.74, 6) is -0.453. The maximum Gasteiger partial charge on any atom is 0.273 e. The Kier molecular flexibility index (Phi) is 4.80. The molecule has 1 amide bonds. The summed E-state index contributed by atoms with van der Waals surface area (Å²) >= 11 is 1.28. The summed E-state index contributed by atoms with van der Waals surface area (Å²) < 4.78 is 0. The zero-order valence-electron chi connectivity index (χ0n) is 13.3. The lowest BCUT2D eigenvalue weighted by atomic mass is 10.1. The topological polar surface area (TPSA) is 98.0 Å². The lowest BCUT2D eigenvalue weighted by Gasteiger charge is -2.02. The van der Waals surface area contributed by atoms with Crippen LogP contribution in [0.3, 0.4) is 0 Å². The van der Waals surface area contributed by atoms with Gasteiger partial charge in [0.2, 0.25) is 5.13 Å². The van der Waals surface area contributed by atoms with E-state index in [-0.39, 0.29) is 11.3 Å². The van der Waals surface area contributed by atoms with Crippen molar-refractivity contribution in [1.29, 1.82) is 0 Å². The Morgan fingerprint density at radius 3 is 2.68 bits per heavy atom. The summed E-state index contributed by atoms with van der Waals surface area (Å²) in [6.07, 6.45) is 0.629. The van der Waals surface area contributed by atoms with E-state index in [2.05, 4.69) is 15.5 Å². The number of nitrogens with zero attached hydrogens (tertiary/aromatic N) is 3. The number of hydrogen-bond acceptors (Lipinski definition) is 6. The summed E-state index contributed by atoms with van der Waals surface area (Å²) in [7, 11) is 0. The molecule has 0 aliphatic heterocycles. The van der Waals surface area contributed by atoms with Gasteiger partial charge in [-0.3, -0.25) is 20.2 Å². The molecule has 25 heavy (non-hydrogen) atoms. The van der Waals surface area contributed by atoms with Crippen molar-refractivity contribution in [2.45, 2.75) is 13.3 Å². The fourth-order valence-corrected chi connectivity index (χ4v) is 3.03. The van der Waals surface area contributed by atoms with Gasteiger partial charge in [0, 0.05) is 23.6 Å². The lowest BCUT2D eigenvalue weighted by molar-refractivity contribution is -0.385. The van der Waals surface area contributed by atoms with E-state index in [9.17, 15) is 14.9 Å². The molecule has 126 valence electrons. The van der Waals surface area contributed by atoms with Crippen molar-refractivity contribution in [3.8, 4) is 0 Å². The molecule has 0 fully saturated rings. The van der Waals surface area contributed by atoms with E-state index in [1.165, 1.54) is 17.4 Å². The smallest absolute Gasteiger partial charge is 0.273 e. The predicted molar refractivity (Wildman–Crippen MR) is 94.9 cm³/mol. The molecule has 3 rings (SSSR count). The van der Waals surface area contributed by atoms with E-state index in [4.69, 9.17) is 0 Å². The summed E-state index contributed by atoms with van der Waals surface area (Å²) in [6.45, 7) is 1.63. The van der Waals surface area contributed by atoms with Gasteiger partial charge in [-0.15, -0.1) is 10.2 Å². The molecule has 3 aromatic rings. The Balaban J connectivity index is 1.71. The molecule has 0 unspecified atom stereocenters. The van der Waals surface area contributed by atoms with Crippen LogP contribution in [-0.2, 0) is 6.42 Å². The van der Waals surface area contributed by atoms with Gasteiger partial charge >= 0.3 is 0 Å². The highest BCUT2D eigenvalue weighted by Crippen LogP contribution is 2.22. The van der Waals surface area contributed by atoms with Gasteiger partial charge < -0.3 is 0 Å². The Bertz CT molecular complexity index is 925. The van der Waals surface area contributed by atoms with Gasteiger partial charge in [0.25, 0.3) is 11.6 Å². The molecular formula is C17H14N4O3S. The molecule has 1 heterocycles. The Hall–Kier alpha value is -3.13. The molecule has 0 saturated heterocycles. The molecule has 0 spiro atoms. The third-order valence-electron chi connectivity index (χ3n) is 3.55. The van der Waals surface area contributed by atoms with Crippen molar-refractivity contribution in [3.05, 3.63) is 80.3 Å². The Morgan fingerprint density at radius 1 is 1.20 bits per heavy atom. The van der Waals surface area contributed by atoms with Gasteiger partial charge in [0.1, 0.15) is 5.01 Å². The van der Waals surface area contributed by atoms with Crippen LogP contribution >= 0.6 is 11.3 Å². The molecule has 1 aromatic heterocycles. The van der Waals surface area contributed by atoms with Gasteiger partial charge in [-0.25, -0.2) is 0 Å². The highest BCUT2D eigenvalue weighted by atomic mass is 32.1. The number of carbonyl (C=O) groups excluding carboxylic acids is 1. The number of aryl methyl sites for hydroxylation is 1. The van der Waals surface area contributed by atoms with Crippen molar-refractivity contribution in [1.82, 2.24) is 10.2 Å². The number of nitro benzene ring substituents is 1. The average molecular weight is 354 g/mol. The molecule has 7 nitrogen and oxygen atoms in total. The van der Waals surface area contributed by atoms with Gasteiger partial charge in [0.15, 0.2) is 0 Å². The van der Waals surface area contributed by atoms with Gasteiger partial charge in [-0.1, -0.05) is 47.7 Å². The van der Waals surface area contributed by atoms with E-state index in [0.717, 1.165) is 10.6 Å². The lowest BCUT2D eigenvalue weighted by Crippen LogP contribution is -2.12. The molecule has 2 aromatic carbocycles. The van der Waals surface area contributed by atoms with Crippen molar-refractivity contribution < 1.29 is 9.72 Å². The first kappa shape index (κ1) is 16.7. The fourth-order valence-electron chi connectivity index (χ4n) is 2.26. The highest BCUT2D eigenvalue weighted by Gasteiger charge is 2.16. The van der Waals surface area contributed by atoms with Crippen molar-refractivity contribution in [2.75, 3.05) is 5.32 Å². The molecule has 0 atom stereocenters. The molecule has 0 aliphatic carbocycles. The van der Waals surface area contributed by atoms with Crippen LogP contribution in [0, 0.1) is 17.0 Å². The molecule has 0 saturated carbocycles. The van der Waals surface area contributed by atoms with E-state index in [1.807, 2.05) is 30.3 Å². The number of hydrogen-bond donors (Lipinski definition) is 1. The molecule has 0 bridgehead atoms. The maximum atomic E-state index is 12.3. The van der Waals surface area contributed by atoms with Crippen molar-refractivity contribution in [3.63, 3.8) is 0 Å². The van der Waals surface area contributed by atoms with Crippen LogP contribution in [0.1, 0.15) is 26.5 Å². The first-order chi connectivity index (χ1) is 12.0.